The monoisotopic (exact) mass is 373 g/mol. The van der Waals surface area contributed by atoms with Crippen molar-refractivity contribution < 1.29 is 13.6 Å². The second-order valence-electron chi connectivity index (χ2n) is 6.56. The van der Waals surface area contributed by atoms with E-state index in [0.717, 1.165) is 17.8 Å². The van der Waals surface area contributed by atoms with Crippen molar-refractivity contribution in [3.05, 3.63) is 59.7 Å². The smallest absolute Gasteiger partial charge is 0.273 e. The standard InChI is InChI=1S/C17H17F2N7O/c1-25-14(9-26-4-2-3-21-26)23-24-16(25)10-5-12(6-10)22-17(27)15-13(19)7-11(18)8-20-15/h2-4,7-8,10,12H,5-6,9H2,1H3,(H,22,27). The van der Waals surface area contributed by atoms with Crippen molar-refractivity contribution in [3.8, 4) is 0 Å². The minimum Gasteiger partial charge on any atom is -0.348 e. The lowest BCUT2D eigenvalue weighted by Crippen LogP contribution is -2.44. The summed E-state index contributed by atoms with van der Waals surface area (Å²) in [5, 5.41) is 15.4. The van der Waals surface area contributed by atoms with Gasteiger partial charge in [-0.05, 0) is 18.9 Å². The summed E-state index contributed by atoms with van der Waals surface area (Å²) < 4.78 is 30.2. The molecule has 8 nitrogen and oxygen atoms in total. The number of carbonyl (C=O) groups excluding carboxylic acids is 1. The lowest BCUT2D eigenvalue weighted by atomic mass is 9.79. The van der Waals surface area contributed by atoms with Crippen molar-refractivity contribution >= 4 is 5.91 Å². The summed E-state index contributed by atoms with van der Waals surface area (Å²) in [7, 11) is 1.90. The van der Waals surface area contributed by atoms with E-state index in [4.69, 9.17) is 0 Å². The number of pyridine rings is 1. The molecule has 0 saturated heterocycles. The lowest BCUT2D eigenvalue weighted by molar-refractivity contribution is 0.0897. The molecule has 10 heteroatoms. The average Bonchev–Trinajstić information content (AvgIpc) is 3.22. The van der Waals surface area contributed by atoms with Gasteiger partial charge in [0, 0.05) is 37.5 Å². The van der Waals surface area contributed by atoms with Crippen LogP contribution in [0.3, 0.4) is 0 Å². The summed E-state index contributed by atoms with van der Waals surface area (Å²) in [6, 6.07) is 2.38. The van der Waals surface area contributed by atoms with Crippen molar-refractivity contribution in [2.45, 2.75) is 31.3 Å². The van der Waals surface area contributed by atoms with Crippen LogP contribution in [0.25, 0.3) is 0 Å². The molecule has 0 atom stereocenters. The molecule has 0 spiro atoms. The van der Waals surface area contributed by atoms with Gasteiger partial charge in [0.15, 0.2) is 17.3 Å². The fourth-order valence-corrected chi connectivity index (χ4v) is 3.19. The van der Waals surface area contributed by atoms with Gasteiger partial charge in [-0.25, -0.2) is 13.8 Å². The van der Waals surface area contributed by atoms with Crippen LogP contribution in [0, 0.1) is 11.6 Å². The van der Waals surface area contributed by atoms with E-state index in [0.29, 0.717) is 25.5 Å². The predicted octanol–water partition coefficient (Wildman–Crippen LogP) is 1.41. The number of hydrogen-bond donors (Lipinski definition) is 1. The third-order valence-corrected chi connectivity index (χ3v) is 4.72. The van der Waals surface area contributed by atoms with Crippen LogP contribution >= 0.6 is 0 Å². The van der Waals surface area contributed by atoms with E-state index < -0.39 is 23.2 Å². The molecule has 1 aliphatic carbocycles. The fraction of sp³-hybridized carbons (Fsp3) is 0.353. The maximum absolute atomic E-state index is 13.6. The average molecular weight is 373 g/mol. The maximum Gasteiger partial charge on any atom is 0.273 e. The molecular weight excluding hydrogens is 356 g/mol. The summed E-state index contributed by atoms with van der Waals surface area (Å²) in [6.45, 7) is 0.527. The van der Waals surface area contributed by atoms with E-state index in [1.54, 1.807) is 10.9 Å². The number of nitrogens with zero attached hydrogens (tertiary/aromatic N) is 6. The van der Waals surface area contributed by atoms with E-state index in [1.165, 1.54) is 0 Å². The Balaban J connectivity index is 1.35. The minimum atomic E-state index is -0.972. The number of halogens is 2. The zero-order valence-electron chi connectivity index (χ0n) is 14.5. The number of rotatable bonds is 5. The Kier molecular flexibility index (Phi) is 4.38. The van der Waals surface area contributed by atoms with Crippen molar-refractivity contribution in [1.82, 2.24) is 34.8 Å². The van der Waals surface area contributed by atoms with Gasteiger partial charge in [-0.2, -0.15) is 5.10 Å². The number of nitrogens with one attached hydrogen (secondary N) is 1. The van der Waals surface area contributed by atoms with Crippen LogP contribution in [0.2, 0.25) is 0 Å². The molecule has 1 amide bonds. The first-order chi connectivity index (χ1) is 13.0. The van der Waals surface area contributed by atoms with Gasteiger partial charge in [-0.1, -0.05) is 0 Å². The molecule has 0 aromatic carbocycles. The Morgan fingerprint density at radius 2 is 2.15 bits per heavy atom. The Labute approximate surface area is 153 Å². The largest absolute Gasteiger partial charge is 0.348 e. The maximum atomic E-state index is 13.6. The van der Waals surface area contributed by atoms with Crippen LogP contribution in [0.15, 0.2) is 30.7 Å². The first-order valence-corrected chi connectivity index (χ1v) is 8.48. The summed E-state index contributed by atoms with van der Waals surface area (Å²) in [6.07, 6.45) is 5.72. The zero-order valence-corrected chi connectivity index (χ0v) is 14.5. The topological polar surface area (TPSA) is 90.5 Å². The molecule has 3 aromatic heterocycles. The number of carbonyl (C=O) groups is 1. The molecule has 3 heterocycles. The van der Waals surface area contributed by atoms with Crippen LogP contribution in [0.1, 0.15) is 40.9 Å². The quantitative estimate of drug-likeness (QED) is 0.730. The Morgan fingerprint density at radius 1 is 1.33 bits per heavy atom. The Morgan fingerprint density at radius 3 is 2.85 bits per heavy atom. The van der Waals surface area contributed by atoms with Crippen LogP contribution in [0.5, 0.6) is 0 Å². The first-order valence-electron chi connectivity index (χ1n) is 8.48. The molecule has 1 fully saturated rings. The number of aromatic nitrogens is 6. The van der Waals surface area contributed by atoms with Gasteiger partial charge in [-0.15, -0.1) is 10.2 Å². The Bertz CT molecular complexity index is 964. The fourth-order valence-electron chi connectivity index (χ4n) is 3.19. The summed E-state index contributed by atoms with van der Waals surface area (Å²) >= 11 is 0. The highest BCUT2D eigenvalue weighted by molar-refractivity contribution is 5.92. The summed E-state index contributed by atoms with van der Waals surface area (Å²) in [5.41, 5.74) is -0.403. The van der Waals surface area contributed by atoms with E-state index in [-0.39, 0.29) is 12.0 Å². The predicted molar refractivity (Wildman–Crippen MR) is 89.7 cm³/mol. The van der Waals surface area contributed by atoms with E-state index >= 15 is 0 Å². The van der Waals surface area contributed by atoms with Gasteiger partial charge in [0.25, 0.3) is 5.91 Å². The number of amides is 1. The van der Waals surface area contributed by atoms with Crippen LogP contribution in [-0.2, 0) is 13.6 Å². The molecule has 1 aliphatic rings. The molecule has 1 saturated carbocycles. The SMILES string of the molecule is Cn1c(Cn2cccn2)nnc1C1CC(NC(=O)c2ncc(F)cc2F)C1. The highest BCUT2D eigenvalue weighted by atomic mass is 19.1. The lowest BCUT2D eigenvalue weighted by Gasteiger charge is -2.34. The molecule has 140 valence electrons. The van der Waals surface area contributed by atoms with E-state index in [9.17, 15) is 13.6 Å². The zero-order chi connectivity index (χ0) is 19.0. The van der Waals surface area contributed by atoms with Crippen LogP contribution in [0.4, 0.5) is 8.78 Å². The highest BCUT2D eigenvalue weighted by Gasteiger charge is 2.35. The molecule has 1 N–H and O–H groups in total. The van der Waals surface area contributed by atoms with Gasteiger partial charge in [0.2, 0.25) is 0 Å². The summed E-state index contributed by atoms with van der Waals surface area (Å²) in [5.74, 6) is -0.646. The molecule has 0 unspecified atom stereocenters. The molecule has 0 aliphatic heterocycles. The molecule has 4 rings (SSSR count). The van der Waals surface area contributed by atoms with Gasteiger partial charge in [-0.3, -0.25) is 9.48 Å². The number of hydrogen-bond acceptors (Lipinski definition) is 5. The Hall–Kier alpha value is -3.17. The van der Waals surface area contributed by atoms with Crippen molar-refractivity contribution in [1.29, 1.82) is 0 Å². The summed E-state index contributed by atoms with van der Waals surface area (Å²) in [4.78, 5) is 15.6. The van der Waals surface area contributed by atoms with Crippen molar-refractivity contribution in [2.75, 3.05) is 0 Å². The van der Waals surface area contributed by atoms with Crippen molar-refractivity contribution in [3.63, 3.8) is 0 Å². The van der Waals surface area contributed by atoms with Gasteiger partial charge < -0.3 is 9.88 Å². The molecule has 0 bridgehead atoms. The van der Waals surface area contributed by atoms with E-state index in [2.05, 4.69) is 25.6 Å². The minimum absolute atomic E-state index is 0.111. The third kappa shape index (κ3) is 3.42. The second kappa shape index (κ2) is 6.86. The van der Waals surface area contributed by atoms with Gasteiger partial charge in [0.05, 0.1) is 6.20 Å². The normalized spacial score (nSPS) is 18.9. The van der Waals surface area contributed by atoms with Crippen molar-refractivity contribution in [2.24, 2.45) is 7.05 Å². The van der Waals surface area contributed by atoms with Crippen LogP contribution < -0.4 is 5.32 Å². The van der Waals surface area contributed by atoms with Gasteiger partial charge >= 0.3 is 0 Å². The molecule has 27 heavy (non-hydrogen) atoms. The molecule has 0 radical (unpaired) electrons. The van der Waals surface area contributed by atoms with Crippen LogP contribution in [-0.4, -0.2) is 41.5 Å². The molecule has 3 aromatic rings. The molecular formula is C17H17F2N7O. The third-order valence-electron chi connectivity index (χ3n) is 4.72. The second-order valence-corrected chi connectivity index (χ2v) is 6.56. The first kappa shape index (κ1) is 17.3. The van der Waals surface area contributed by atoms with E-state index in [1.807, 2.05) is 23.9 Å². The highest BCUT2D eigenvalue weighted by Crippen LogP contribution is 2.36. The van der Waals surface area contributed by atoms with Gasteiger partial charge in [0.1, 0.15) is 18.2 Å².